The SMILES string of the molecule is COc1cc(NC(=O)COc2cccc3c2CCC[C@@H]3O)cc(OC)c1. The third kappa shape index (κ3) is 4.08. The van der Waals surface area contributed by atoms with E-state index in [9.17, 15) is 9.90 Å². The summed E-state index contributed by atoms with van der Waals surface area (Å²) in [6.07, 6.45) is 2.05. The number of amides is 1. The summed E-state index contributed by atoms with van der Waals surface area (Å²) >= 11 is 0. The highest BCUT2D eigenvalue weighted by Crippen LogP contribution is 2.35. The molecule has 0 saturated heterocycles. The first-order valence-electron chi connectivity index (χ1n) is 8.56. The second-order valence-electron chi connectivity index (χ2n) is 6.17. The van der Waals surface area contributed by atoms with Gasteiger partial charge < -0.3 is 24.6 Å². The second-order valence-corrected chi connectivity index (χ2v) is 6.17. The van der Waals surface area contributed by atoms with Crippen molar-refractivity contribution in [2.24, 2.45) is 0 Å². The Morgan fingerprint density at radius 1 is 1.19 bits per heavy atom. The first-order valence-corrected chi connectivity index (χ1v) is 8.56. The minimum atomic E-state index is -0.458. The number of aliphatic hydroxyl groups excluding tert-OH is 1. The van der Waals surface area contributed by atoms with Gasteiger partial charge in [-0.2, -0.15) is 0 Å². The number of aliphatic hydroxyl groups is 1. The van der Waals surface area contributed by atoms with Gasteiger partial charge in [0, 0.05) is 23.9 Å². The summed E-state index contributed by atoms with van der Waals surface area (Å²) in [6, 6.07) is 10.7. The molecule has 1 amide bonds. The molecule has 26 heavy (non-hydrogen) atoms. The van der Waals surface area contributed by atoms with Crippen LogP contribution in [0.5, 0.6) is 17.2 Å². The van der Waals surface area contributed by atoms with Gasteiger partial charge in [0.05, 0.1) is 20.3 Å². The summed E-state index contributed by atoms with van der Waals surface area (Å²) in [4.78, 5) is 12.3. The molecule has 0 bridgehead atoms. The van der Waals surface area contributed by atoms with Crippen molar-refractivity contribution in [3.63, 3.8) is 0 Å². The number of fused-ring (bicyclic) bond motifs is 1. The van der Waals surface area contributed by atoms with Crippen LogP contribution in [0.15, 0.2) is 36.4 Å². The Hall–Kier alpha value is -2.73. The molecule has 0 aromatic heterocycles. The summed E-state index contributed by atoms with van der Waals surface area (Å²) in [5.41, 5.74) is 2.45. The van der Waals surface area contributed by atoms with Gasteiger partial charge in [0.15, 0.2) is 6.61 Å². The van der Waals surface area contributed by atoms with Crippen LogP contribution in [0.3, 0.4) is 0 Å². The Morgan fingerprint density at radius 2 is 1.92 bits per heavy atom. The number of benzene rings is 2. The molecule has 6 nitrogen and oxygen atoms in total. The van der Waals surface area contributed by atoms with Crippen LogP contribution < -0.4 is 19.5 Å². The van der Waals surface area contributed by atoms with Gasteiger partial charge in [-0.15, -0.1) is 0 Å². The fraction of sp³-hybridized carbons (Fsp3) is 0.350. The molecule has 0 fully saturated rings. The maximum atomic E-state index is 12.3. The lowest BCUT2D eigenvalue weighted by molar-refractivity contribution is -0.118. The Morgan fingerprint density at radius 3 is 2.62 bits per heavy atom. The molecule has 0 radical (unpaired) electrons. The summed E-state index contributed by atoms with van der Waals surface area (Å²) in [6.45, 7) is -0.119. The average molecular weight is 357 g/mol. The predicted molar refractivity (Wildman–Crippen MR) is 98.0 cm³/mol. The van der Waals surface area contributed by atoms with Crippen molar-refractivity contribution in [3.8, 4) is 17.2 Å². The molecule has 0 saturated carbocycles. The number of carbonyl (C=O) groups excluding carboxylic acids is 1. The maximum Gasteiger partial charge on any atom is 0.262 e. The monoisotopic (exact) mass is 357 g/mol. The number of nitrogens with one attached hydrogen (secondary N) is 1. The normalized spacial score (nSPS) is 15.7. The van der Waals surface area contributed by atoms with E-state index in [0.717, 1.165) is 30.4 Å². The minimum absolute atomic E-state index is 0.119. The van der Waals surface area contributed by atoms with Crippen molar-refractivity contribution in [3.05, 3.63) is 47.5 Å². The molecule has 0 unspecified atom stereocenters. The molecule has 1 aliphatic carbocycles. The molecule has 3 rings (SSSR count). The zero-order valence-electron chi connectivity index (χ0n) is 15.0. The molecule has 0 spiro atoms. The van der Waals surface area contributed by atoms with Crippen molar-refractivity contribution in [1.82, 2.24) is 0 Å². The van der Waals surface area contributed by atoms with Crippen molar-refractivity contribution in [1.29, 1.82) is 0 Å². The smallest absolute Gasteiger partial charge is 0.262 e. The van der Waals surface area contributed by atoms with E-state index in [4.69, 9.17) is 14.2 Å². The number of methoxy groups -OCH3 is 2. The molecule has 1 aliphatic rings. The Balaban J connectivity index is 1.66. The summed E-state index contributed by atoms with van der Waals surface area (Å²) < 4.78 is 16.1. The van der Waals surface area contributed by atoms with E-state index in [1.807, 2.05) is 18.2 Å². The van der Waals surface area contributed by atoms with E-state index in [0.29, 0.717) is 22.9 Å². The Labute approximate surface area is 152 Å². The number of anilines is 1. The Kier molecular flexibility index (Phi) is 5.63. The van der Waals surface area contributed by atoms with Gasteiger partial charge in [0.1, 0.15) is 17.2 Å². The third-order valence-electron chi connectivity index (χ3n) is 4.43. The van der Waals surface area contributed by atoms with E-state index in [2.05, 4.69) is 5.32 Å². The predicted octanol–water partition coefficient (Wildman–Crippen LogP) is 3.09. The van der Waals surface area contributed by atoms with E-state index < -0.39 is 6.10 Å². The molecule has 138 valence electrons. The topological polar surface area (TPSA) is 77.0 Å². The van der Waals surface area contributed by atoms with Gasteiger partial charge in [-0.3, -0.25) is 4.79 Å². The molecule has 1 atom stereocenters. The lowest BCUT2D eigenvalue weighted by atomic mass is 9.89. The maximum absolute atomic E-state index is 12.3. The van der Waals surface area contributed by atoms with Crippen molar-refractivity contribution in [2.45, 2.75) is 25.4 Å². The molecular weight excluding hydrogens is 334 g/mol. The van der Waals surface area contributed by atoms with Crippen molar-refractivity contribution >= 4 is 11.6 Å². The van der Waals surface area contributed by atoms with Gasteiger partial charge in [0.2, 0.25) is 0 Å². The van der Waals surface area contributed by atoms with E-state index in [1.165, 1.54) is 0 Å². The molecule has 2 N–H and O–H groups in total. The number of hydrogen-bond acceptors (Lipinski definition) is 5. The molecule has 2 aromatic carbocycles. The highest BCUT2D eigenvalue weighted by molar-refractivity contribution is 5.92. The van der Waals surface area contributed by atoms with E-state index in [-0.39, 0.29) is 12.5 Å². The zero-order chi connectivity index (χ0) is 18.5. The van der Waals surface area contributed by atoms with Crippen LogP contribution in [0.25, 0.3) is 0 Å². The highest BCUT2D eigenvalue weighted by Gasteiger charge is 2.21. The van der Waals surface area contributed by atoms with Gasteiger partial charge in [-0.05, 0) is 36.5 Å². The average Bonchev–Trinajstić information content (AvgIpc) is 2.66. The third-order valence-corrected chi connectivity index (χ3v) is 4.43. The molecule has 2 aromatic rings. The number of rotatable bonds is 6. The first kappa shape index (κ1) is 18.1. The lowest BCUT2D eigenvalue weighted by Gasteiger charge is -2.23. The van der Waals surface area contributed by atoms with Crippen LogP contribution in [-0.2, 0) is 11.2 Å². The summed E-state index contributed by atoms with van der Waals surface area (Å²) in [7, 11) is 3.10. The molecular formula is C20H23NO5. The van der Waals surface area contributed by atoms with Crippen molar-refractivity contribution < 1.29 is 24.1 Å². The van der Waals surface area contributed by atoms with Crippen LogP contribution >= 0.6 is 0 Å². The van der Waals surface area contributed by atoms with Gasteiger partial charge >= 0.3 is 0 Å². The summed E-state index contributed by atoms with van der Waals surface area (Å²) in [5, 5.41) is 12.9. The second kappa shape index (κ2) is 8.10. The van der Waals surface area contributed by atoms with Gasteiger partial charge in [-0.25, -0.2) is 0 Å². The highest BCUT2D eigenvalue weighted by atomic mass is 16.5. The fourth-order valence-corrected chi connectivity index (χ4v) is 3.15. The van der Waals surface area contributed by atoms with Crippen molar-refractivity contribution in [2.75, 3.05) is 26.1 Å². The quantitative estimate of drug-likeness (QED) is 0.831. The van der Waals surface area contributed by atoms with Crippen LogP contribution in [0.4, 0.5) is 5.69 Å². The molecule has 0 aliphatic heterocycles. The minimum Gasteiger partial charge on any atom is -0.497 e. The standard InChI is InChI=1S/C20H23NO5/c1-24-14-9-13(10-15(11-14)25-2)21-20(23)12-26-19-8-4-5-16-17(19)6-3-7-18(16)22/h4-5,8-11,18,22H,3,6-7,12H2,1-2H3,(H,21,23)/t18-/m0/s1. The van der Waals surface area contributed by atoms with Crippen LogP contribution in [0, 0.1) is 0 Å². The Bertz CT molecular complexity index is 768. The largest absolute Gasteiger partial charge is 0.497 e. The summed E-state index contributed by atoms with van der Waals surface area (Å²) in [5.74, 6) is 1.55. The van der Waals surface area contributed by atoms with E-state index >= 15 is 0 Å². The number of carbonyl (C=O) groups is 1. The fourth-order valence-electron chi connectivity index (χ4n) is 3.15. The zero-order valence-corrected chi connectivity index (χ0v) is 15.0. The first-order chi connectivity index (χ1) is 12.6. The van der Waals surface area contributed by atoms with Gasteiger partial charge in [-0.1, -0.05) is 12.1 Å². The number of hydrogen-bond donors (Lipinski definition) is 2. The molecule has 0 heterocycles. The van der Waals surface area contributed by atoms with Crippen LogP contribution in [-0.4, -0.2) is 31.8 Å². The molecule has 6 heteroatoms. The number of ether oxygens (including phenoxy) is 3. The van der Waals surface area contributed by atoms with Gasteiger partial charge in [0.25, 0.3) is 5.91 Å². The lowest BCUT2D eigenvalue weighted by Crippen LogP contribution is -2.21. The van der Waals surface area contributed by atoms with E-state index in [1.54, 1.807) is 32.4 Å². The van der Waals surface area contributed by atoms with Crippen LogP contribution in [0.2, 0.25) is 0 Å². The van der Waals surface area contributed by atoms with Crippen LogP contribution in [0.1, 0.15) is 30.1 Å².